The van der Waals surface area contributed by atoms with Crippen LogP contribution >= 0.6 is 0 Å². The maximum Gasteiger partial charge on any atom is 0.344 e. The van der Waals surface area contributed by atoms with Gasteiger partial charge < -0.3 is 9.84 Å². The van der Waals surface area contributed by atoms with Crippen LogP contribution in [0.4, 0.5) is 0 Å². The van der Waals surface area contributed by atoms with E-state index in [0.717, 1.165) is 5.56 Å². The van der Waals surface area contributed by atoms with Gasteiger partial charge in [0.05, 0.1) is 5.71 Å². The van der Waals surface area contributed by atoms with Gasteiger partial charge >= 0.3 is 5.97 Å². The zero-order valence-electron chi connectivity index (χ0n) is 11.3. The first-order valence-electron chi connectivity index (χ1n) is 6.24. The molecule has 0 bridgehead atoms. The summed E-state index contributed by atoms with van der Waals surface area (Å²) >= 11 is 0. The van der Waals surface area contributed by atoms with Gasteiger partial charge in [-0.2, -0.15) is 0 Å². The molecule has 0 aromatic heterocycles. The van der Waals surface area contributed by atoms with E-state index < -0.39 is 12.1 Å². The van der Waals surface area contributed by atoms with Crippen molar-refractivity contribution < 1.29 is 14.6 Å². The lowest BCUT2D eigenvalue weighted by Gasteiger charge is -2.11. The van der Waals surface area contributed by atoms with Crippen LogP contribution in [0, 0.1) is 0 Å². The summed E-state index contributed by atoms with van der Waals surface area (Å²) in [7, 11) is 0. The fraction of sp³-hybridized carbons (Fsp3) is 0.333. The molecule has 0 aliphatic carbocycles. The van der Waals surface area contributed by atoms with Gasteiger partial charge in [0.2, 0.25) is 0 Å². The number of carbonyl (C=O) groups is 1. The molecule has 1 aliphatic heterocycles. The van der Waals surface area contributed by atoms with Crippen LogP contribution in [-0.2, 0) is 9.53 Å². The number of rotatable bonds is 2. The summed E-state index contributed by atoms with van der Waals surface area (Å²) in [5.74, 6) is -0.573. The highest BCUT2D eigenvalue weighted by Gasteiger charge is 2.39. The van der Waals surface area contributed by atoms with Crippen LogP contribution in [0.15, 0.2) is 46.7 Å². The number of allylic oxidation sites excluding steroid dienone is 1. The molecular formula is C15H17NO3. The van der Waals surface area contributed by atoms with Crippen molar-refractivity contribution in [1.82, 2.24) is 0 Å². The summed E-state index contributed by atoms with van der Waals surface area (Å²) in [5.41, 5.74) is 1.54. The van der Waals surface area contributed by atoms with Crippen LogP contribution < -0.4 is 0 Å². The molecule has 100 valence electrons. The lowest BCUT2D eigenvalue weighted by Crippen LogP contribution is -2.12. The molecule has 2 rings (SSSR count). The first-order valence-corrected chi connectivity index (χ1v) is 6.24. The van der Waals surface area contributed by atoms with Gasteiger partial charge in [-0.15, -0.1) is 0 Å². The minimum absolute atomic E-state index is 0.0186. The van der Waals surface area contributed by atoms with E-state index in [1.165, 1.54) is 6.92 Å². The van der Waals surface area contributed by atoms with E-state index in [2.05, 4.69) is 4.99 Å². The number of nitrogens with zero attached hydrogens (tertiary/aromatic N) is 1. The first-order chi connectivity index (χ1) is 9.00. The second kappa shape index (κ2) is 5.26. The third-order valence-electron chi connectivity index (χ3n) is 2.79. The number of aliphatic hydroxyl groups is 1. The van der Waals surface area contributed by atoms with E-state index in [1.807, 2.05) is 44.2 Å². The van der Waals surface area contributed by atoms with Gasteiger partial charge in [-0.25, -0.2) is 4.79 Å². The van der Waals surface area contributed by atoms with Crippen LogP contribution in [-0.4, -0.2) is 22.8 Å². The van der Waals surface area contributed by atoms with Gasteiger partial charge in [0.1, 0.15) is 11.3 Å². The van der Waals surface area contributed by atoms with Crippen LogP contribution in [0.1, 0.15) is 32.4 Å². The number of aliphatic hydroxyl groups excluding tert-OH is 1. The predicted octanol–water partition coefficient (Wildman–Crippen LogP) is 2.97. The average molecular weight is 259 g/mol. The van der Waals surface area contributed by atoms with Gasteiger partial charge in [0.15, 0.2) is 6.10 Å². The molecule has 1 unspecified atom stereocenters. The van der Waals surface area contributed by atoms with Crippen molar-refractivity contribution in [3.63, 3.8) is 0 Å². The smallest absolute Gasteiger partial charge is 0.344 e. The predicted molar refractivity (Wildman–Crippen MR) is 73.2 cm³/mol. The third kappa shape index (κ3) is 2.67. The van der Waals surface area contributed by atoms with Crippen LogP contribution in [0.5, 0.6) is 0 Å². The Bertz CT molecular complexity index is 540. The average Bonchev–Trinajstić information content (AvgIpc) is 2.66. The molecule has 1 aromatic rings. The second-order valence-corrected chi connectivity index (χ2v) is 4.76. The van der Waals surface area contributed by atoms with Gasteiger partial charge in [0, 0.05) is 6.04 Å². The van der Waals surface area contributed by atoms with E-state index in [0.29, 0.717) is 5.71 Å². The molecule has 0 amide bonds. The molecule has 1 aromatic carbocycles. The van der Waals surface area contributed by atoms with Crippen molar-refractivity contribution in [3.05, 3.63) is 47.2 Å². The largest absolute Gasteiger partial charge is 0.512 e. The number of carbonyl (C=O) groups excluding carboxylic acids is 1. The normalized spacial score (nSPS) is 23.9. The van der Waals surface area contributed by atoms with E-state index in [4.69, 9.17) is 4.74 Å². The standard InChI is InChI=1S/C15H17NO3/c1-9(2)16-13-12(10(3)17)15(18)19-14(13)11-7-5-4-6-8-11/h4-9,14,17H,1-3H3. The number of ether oxygens (including phenoxy) is 1. The third-order valence-corrected chi connectivity index (χ3v) is 2.79. The Morgan fingerprint density at radius 3 is 2.47 bits per heavy atom. The molecule has 1 saturated heterocycles. The highest BCUT2D eigenvalue weighted by Crippen LogP contribution is 2.32. The van der Waals surface area contributed by atoms with Crippen LogP contribution in [0.3, 0.4) is 0 Å². The number of cyclic esters (lactones) is 1. The van der Waals surface area contributed by atoms with Crippen molar-refractivity contribution in [2.45, 2.75) is 32.9 Å². The fourth-order valence-electron chi connectivity index (χ4n) is 2.05. The van der Waals surface area contributed by atoms with E-state index in [1.54, 1.807) is 0 Å². The molecule has 1 aliphatic rings. The summed E-state index contributed by atoms with van der Waals surface area (Å²) in [6.45, 7) is 5.31. The molecule has 1 N–H and O–H groups in total. The number of esters is 1. The Balaban J connectivity index is 2.51. The topological polar surface area (TPSA) is 58.9 Å². The Kier molecular flexibility index (Phi) is 3.69. The number of aliphatic imine (C=N–C) groups is 1. The van der Waals surface area contributed by atoms with Gasteiger partial charge in [-0.1, -0.05) is 30.3 Å². The van der Waals surface area contributed by atoms with E-state index in [9.17, 15) is 9.90 Å². The summed E-state index contributed by atoms with van der Waals surface area (Å²) in [4.78, 5) is 16.3. The lowest BCUT2D eigenvalue weighted by atomic mass is 10.0. The number of benzene rings is 1. The molecule has 19 heavy (non-hydrogen) atoms. The zero-order chi connectivity index (χ0) is 14.0. The van der Waals surface area contributed by atoms with Crippen molar-refractivity contribution in [2.75, 3.05) is 0 Å². The summed E-state index contributed by atoms with van der Waals surface area (Å²) in [6.07, 6.45) is -0.534. The minimum atomic E-state index is -0.534. The Labute approximate surface area is 112 Å². The Morgan fingerprint density at radius 2 is 1.95 bits per heavy atom. The van der Waals surface area contributed by atoms with Gasteiger partial charge in [-0.05, 0) is 26.3 Å². The van der Waals surface area contributed by atoms with Gasteiger partial charge in [-0.3, -0.25) is 4.99 Å². The van der Waals surface area contributed by atoms with Crippen LogP contribution in [0.2, 0.25) is 0 Å². The summed E-state index contributed by atoms with van der Waals surface area (Å²) in [5, 5.41) is 9.67. The van der Waals surface area contributed by atoms with E-state index >= 15 is 0 Å². The molecule has 1 fully saturated rings. The molecule has 4 nitrogen and oxygen atoms in total. The maximum atomic E-state index is 11.9. The molecule has 0 radical (unpaired) electrons. The SMILES string of the molecule is CC(O)=C1C(=O)OC(c2ccccc2)C1=NC(C)C. The highest BCUT2D eigenvalue weighted by molar-refractivity contribution is 6.26. The highest BCUT2D eigenvalue weighted by atomic mass is 16.6. The minimum Gasteiger partial charge on any atom is -0.512 e. The van der Waals surface area contributed by atoms with Crippen molar-refractivity contribution in [1.29, 1.82) is 0 Å². The lowest BCUT2D eigenvalue weighted by molar-refractivity contribution is -0.138. The fourth-order valence-corrected chi connectivity index (χ4v) is 2.05. The van der Waals surface area contributed by atoms with E-state index in [-0.39, 0.29) is 17.4 Å². The number of hydrogen-bond acceptors (Lipinski definition) is 4. The second-order valence-electron chi connectivity index (χ2n) is 4.76. The quantitative estimate of drug-likeness (QED) is 0.504. The Hall–Kier alpha value is -2.10. The zero-order valence-corrected chi connectivity index (χ0v) is 11.3. The van der Waals surface area contributed by atoms with Crippen molar-refractivity contribution in [3.8, 4) is 0 Å². The molecule has 1 heterocycles. The summed E-state index contributed by atoms with van der Waals surface area (Å²) in [6, 6.07) is 9.43. The molecule has 0 saturated carbocycles. The van der Waals surface area contributed by atoms with Crippen LogP contribution in [0.25, 0.3) is 0 Å². The first kappa shape index (κ1) is 13.3. The molecule has 4 heteroatoms. The van der Waals surface area contributed by atoms with Crippen molar-refractivity contribution in [2.24, 2.45) is 4.99 Å². The molecule has 0 spiro atoms. The van der Waals surface area contributed by atoms with Crippen molar-refractivity contribution >= 4 is 11.7 Å². The number of hydrogen-bond donors (Lipinski definition) is 1. The summed E-state index contributed by atoms with van der Waals surface area (Å²) < 4.78 is 5.35. The maximum absolute atomic E-state index is 11.9. The Morgan fingerprint density at radius 1 is 1.32 bits per heavy atom. The molecule has 1 atom stereocenters. The molecular weight excluding hydrogens is 242 g/mol. The van der Waals surface area contributed by atoms with Gasteiger partial charge in [0.25, 0.3) is 0 Å². The monoisotopic (exact) mass is 259 g/mol.